The maximum atomic E-state index is 13.6. The van der Waals surface area contributed by atoms with Gasteiger partial charge in [0.2, 0.25) is 5.88 Å². The van der Waals surface area contributed by atoms with Crippen LogP contribution in [0.1, 0.15) is 18.4 Å². The van der Waals surface area contributed by atoms with E-state index in [0.717, 1.165) is 69.2 Å². The Morgan fingerprint density at radius 1 is 1.03 bits per heavy atom. The topological polar surface area (TPSA) is 83.7 Å². The average Bonchev–Trinajstić information content (AvgIpc) is 3.56. The Labute approximate surface area is 211 Å². The summed E-state index contributed by atoms with van der Waals surface area (Å²) in [4.78, 5) is 6.67. The van der Waals surface area contributed by atoms with E-state index >= 15 is 0 Å². The molecule has 3 fully saturated rings. The highest BCUT2D eigenvalue weighted by atomic mass is 19.1. The molecule has 1 aromatic heterocycles. The van der Waals surface area contributed by atoms with Crippen molar-refractivity contribution in [2.75, 3.05) is 83.7 Å². The first-order valence-corrected chi connectivity index (χ1v) is 13.0. The largest absolute Gasteiger partial charge is 0.390 e. The van der Waals surface area contributed by atoms with Crippen LogP contribution in [0.5, 0.6) is 0 Å². The number of anilines is 1. The lowest BCUT2D eigenvalue weighted by Crippen LogP contribution is -2.45. The van der Waals surface area contributed by atoms with E-state index in [-0.39, 0.29) is 11.9 Å². The number of aromatic nitrogens is 1. The Morgan fingerprint density at radius 2 is 1.75 bits per heavy atom. The van der Waals surface area contributed by atoms with Crippen molar-refractivity contribution in [1.82, 2.24) is 15.0 Å². The Hall–Kier alpha value is -2.08. The number of hydrogen-bond acceptors (Lipinski definition) is 9. The van der Waals surface area contributed by atoms with Crippen LogP contribution >= 0.6 is 0 Å². The van der Waals surface area contributed by atoms with Gasteiger partial charge in [-0.05, 0) is 37.1 Å². The van der Waals surface area contributed by atoms with Crippen molar-refractivity contribution in [2.24, 2.45) is 0 Å². The summed E-state index contributed by atoms with van der Waals surface area (Å²) in [5.74, 6) is 0.432. The van der Waals surface area contributed by atoms with Crippen molar-refractivity contribution >= 4 is 5.88 Å². The van der Waals surface area contributed by atoms with Gasteiger partial charge in [0.1, 0.15) is 11.5 Å². The van der Waals surface area contributed by atoms with Crippen LogP contribution in [0.15, 0.2) is 28.8 Å². The van der Waals surface area contributed by atoms with E-state index in [2.05, 4.69) is 19.9 Å². The number of ether oxygens (including phenoxy) is 3. The fourth-order valence-corrected chi connectivity index (χ4v) is 5.23. The Balaban J connectivity index is 1.38. The lowest BCUT2D eigenvalue weighted by atomic mass is 10.1. The molecule has 5 rings (SSSR count). The summed E-state index contributed by atoms with van der Waals surface area (Å²) in [5.41, 5.74) is 2.46. The van der Waals surface area contributed by atoms with Crippen LogP contribution < -0.4 is 4.90 Å². The molecule has 3 aliphatic heterocycles. The van der Waals surface area contributed by atoms with E-state index in [1.165, 1.54) is 12.1 Å². The molecule has 10 heteroatoms. The monoisotopic (exact) mass is 504 g/mol. The first-order valence-electron chi connectivity index (χ1n) is 13.0. The molecule has 198 valence electrons. The second kappa shape index (κ2) is 12.4. The second-order valence-corrected chi connectivity index (χ2v) is 9.82. The summed E-state index contributed by atoms with van der Waals surface area (Å²) in [6, 6.07) is 6.35. The van der Waals surface area contributed by atoms with Gasteiger partial charge in [-0.2, -0.15) is 0 Å². The number of aliphatic hydroxyl groups is 1. The van der Waals surface area contributed by atoms with E-state index in [9.17, 15) is 9.50 Å². The number of nitrogens with zero attached hydrogens (tertiary/aromatic N) is 4. The summed E-state index contributed by atoms with van der Waals surface area (Å²) in [6.07, 6.45) is 1.70. The lowest BCUT2D eigenvalue weighted by Gasteiger charge is -2.32. The van der Waals surface area contributed by atoms with Gasteiger partial charge in [0.05, 0.1) is 44.2 Å². The number of rotatable bonds is 10. The average molecular weight is 505 g/mol. The van der Waals surface area contributed by atoms with Gasteiger partial charge in [-0.25, -0.2) is 4.39 Å². The third kappa shape index (κ3) is 6.62. The zero-order valence-electron chi connectivity index (χ0n) is 20.8. The molecule has 9 nitrogen and oxygen atoms in total. The van der Waals surface area contributed by atoms with E-state index in [1.54, 1.807) is 12.1 Å². The van der Waals surface area contributed by atoms with Gasteiger partial charge in [-0.15, -0.1) is 0 Å². The molecule has 0 aliphatic carbocycles. The molecule has 3 saturated heterocycles. The Bertz CT molecular complexity index is 940. The van der Waals surface area contributed by atoms with Gasteiger partial charge in [-0.1, -0.05) is 5.16 Å². The molecule has 0 bridgehead atoms. The number of benzene rings is 1. The van der Waals surface area contributed by atoms with Gasteiger partial charge in [0, 0.05) is 64.5 Å². The molecule has 0 saturated carbocycles. The standard InChI is InChI=1S/C26H37FN4O5/c27-21-5-3-20(4-6-21)25-24(26(36-28-25)31-9-14-34-15-10-31)19-30(18-23-2-1-11-35-23)17-22(32)16-29-7-12-33-13-8-29/h3-6,22-23,32H,1-2,7-19H2. The van der Waals surface area contributed by atoms with Gasteiger partial charge in [-0.3, -0.25) is 9.80 Å². The third-order valence-corrected chi connectivity index (χ3v) is 7.09. The molecule has 1 N–H and O–H groups in total. The van der Waals surface area contributed by atoms with Crippen molar-refractivity contribution in [3.05, 3.63) is 35.6 Å². The molecular weight excluding hydrogens is 467 g/mol. The number of aliphatic hydroxyl groups excluding tert-OH is 1. The molecule has 4 heterocycles. The summed E-state index contributed by atoms with van der Waals surface area (Å²) >= 11 is 0. The predicted molar refractivity (Wildman–Crippen MR) is 132 cm³/mol. The molecule has 1 aromatic carbocycles. The van der Waals surface area contributed by atoms with E-state index < -0.39 is 6.10 Å². The third-order valence-electron chi connectivity index (χ3n) is 7.09. The van der Waals surface area contributed by atoms with Gasteiger partial charge < -0.3 is 28.7 Å². The zero-order chi connectivity index (χ0) is 24.7. The molecule has 2 atom stereocenters. The maximum absolute atomic E-state index is 13.6. The highest BCUT2D eigenvalue weighted by Gasteiger charge is 2.29. The van der Waals surface area contributed by atoms with Crippen molar-refractivity contribution < 1.29 is 28.2 Å². The molecule has 36 heavy (non-hydrogen) atoms. The quantitative estimate of drug-likeness (QED) is 0.522. The molecule has 0 radical (unpaired) electrons. The smallest absolute Gasteiger partial charge is 0.232 e. The van der Waals surface area contributed by atoms with Crippen LogP contribution in [0.4, 0.5) is 10.3 Å². The fraction of sp³-hybridized carbons (Fsp3) is 0.654. The minimum atomic E-state index is -0.509. The molecular formula is C26H37FN4O5. The molecule has 2 unspecified atom stereocenters. The predicted octanol–water partition coefficient (Wildman–Crippen LogP) is 1.99. The summed E-state index contributed by atoms with van der Waals surface area (Å²) < 4.78 is 36.5. The fourth-order valence-electron chi connectivity index (χ4n) is 5.23. The second-order valence-electron chi connectivity index (χ2n) is 9.82. The van der Waals surface area contributed by atoms with Crippen molar-refractivity contribution in [1.29, 1.82) is 0 Å². The van der Waals surface area contributed by atoms with Gasteiger partial charge in [0.25, 0.3) is 0 Å². The number of halogens is 1. The van der Waals surface area contributed by atoms with Crippen molar-refractivity contribution in [3.63, 3.8) is 0 Å². The SMILES string of the molecule is OC(CN1CCOCC1)CN(Cc1c(-c2ccc(F)cc2)noc1N1CCOCC1)CC1CCCO1. The first-order chi connectivity index (χ1) is 17.7. The number of morpholine rings is 2. The molecule has 0 amide bonds. The van der Waals surface area contributed by atoms with Crippen LogP contribution in [0.25, 0.3) is 11.3 Å². The highest BCUT2D eigenvalue weighted by molar-refractivity contribution is 5.68. The van der Waals surface area contributed by atoms with Crippen LogP contribution in [0, 0.1) is 5.82 Å². The Morgan fingerprint density at radius 3 is 2.44 bits per heavy atom. The van der Waals surface area contributed by atoms with Gasteiger partial charge in [0.15, 0.2) is 0 Å². The molecule has 0 spiro atoms. The summed E-state index contributed by atoms with van der Waals surface area (Å²) in [5, 5.41) is 15.5. The van der Waals surface area contributed by atoms with Crippen LogP contribution in [-0.4, -0.2) is 111 Å². The zero-order valence-corrected chi connectivity index (χ0v) is 20.8. The highest BCUT2D eigenvalue weighted by Crippen LogP contribution is 2.33. The molecule has 3 aliphatic rings. The van der Waals surface area contributed by atoms with Crippen LogP contribution in [0.3, 0.4) is 0 Å². The number of β-amino-alcohol motifs (C(OH)–C–C–N with tert-alkyl or cyclic N) is 1. The lowest BCUT2D eigenvalue weighted by molar-refractivity contribution is -0.000100. The van der Waals surface area contributed by atoms with E-state index in [1.807, 2.05) is 0 Å². The molecule has 2 aromatic rings. The maximum Gasteiger partial charge on any atom is 0.232 e. The first kappa shape index (κ1) is 25.6. The van der Waals surface area contributed by atoms with Gasteiger partial charge >= 0.3 is 0 Å². The summed E-state index contributed by atoms with van der Waals surface area (Å²) in [6.45, 7) is 8.94. The van der Waals surface area contributed by atoms with Crippen LogP contribution in [0.2, 0.25) is 0 Å². The minimum Gasteiger partial charge on any atom is -0.390 e. The minimum absolute atomic E-state index is 0.140. The number of hydrogen-bond donors (Lipinski definition) is 1. The van der Waals surface area contributed by atoms with Crippen LogP contribution in [-0.2, 0) is 20.8 Å². The van der Waals surface area contributed by atoms with Crippen molar-refractivity contribution in [2.45, 2.75) is 31.6 Å². The van der Waals surface area contributed by atoms with E-state index in [0.29, 0.717) is 51.8 Å². The van der Waals surface area contributed by atoms with E-state index in [4.69, 9.17) is 18.7 Å². The summed E-state index contributed by atoms with van der Waals surface area (Å²) in [7, 11) is 0. The normalized spacial score (nSPS) is 22.4. The Kier molecular flexibility index (Phi) is 8.84. The van der Waals surface area contributed by atoms with Crippen molar-refractivity contribution in [3.8, 4) is 11.3 Å².